The van der Waals surface area contributed by atoms with E-state index in [1.807, 2.05) is 17.0 Å². The molecule has 1 aromatic heterocycles. The highest BCUT2D eigenvalue weighted by molar-refractivity contribution is 5.82. The van der Waals surface area contributed by atoms with Crippen molar-refractivity contribution in [2.24, 2.45) is 4.99 Å². The highest BCUT2D eigenvalue weighted by atomic mass is 16.5. The quantitative estimate of drug-likeness (QED) is 0.649. The fraction of sp³-hybridized carbons (Fsp3) is 0.647. The molecule has 0 bridgehead atoms. The zero-order valence-electron chi connectivity index (χ0n) is 14.2. The molecule has 0 spiro atoms. The Morgan fingerprint density at radius 1 is 1.33 bits per heavy atom. The molecule has 2 saturated heterocycles. The second-order valence-corrected chi connectivity index (χ2v) is 6.12. The number of nitrogens with one attached hydrogen (secondary N) is 1. The Hall–Kier alpha value is -2.02. The van der Waals surface area contributed by atoms with Gasteiger partial charge in [0.2, 0.25) is 0 Å². The molecule has 7 heteroatoms. The van der Waals surface area contributed by atoms with Crippen LogP contribution in [-0.2, 0) is 16.0 Å². The van der Waals surface area contributed by atoms with E-state index in [-0.39, 0.29) is 12.0 Å². The van der Waals surface area contributed by atoms with Crippen LogP contribution < -0.4 is 5.32 Å². The molecule has 0 saturated carbocycles. The minimum atomic E-state index is -0.220. The lowest BCUT2D eigenvalue weighted by Crippen LogP contribution is -2.55. The first-order valence-corrected chi connectivity index (χ1v) is 8.66. The predicted octanol–water partition coefficient (Wildman–Crippen LogP) is 0.721. The Morgan fingerprint density at radius 2 is 2.12 bits per heavy atom. The first-order valence-electron chi connectivity index (χ1n) is 8.66. The molecule has 0 radical (unpaired) electrons. The van der Waals surface area contributed by atoms with Crippen LogP contribution in [0.5, 0.6) is 0 Å². The van der Waals surface area contributed by atoms with Crippen LogP contribution in [0.25, 0.3) is 0 Å². The maximum absolute atomic E-state index is 12.4. The Morgan fingerprint density at radius 3 is 2.75 bits per heavy atom. The van der Waals surface area contributed by atoms with Gasteiger partial charge in [-0.25, -0.2) is 0 Å². The van der Waals surface area contributed by atoms with Crippen LogP contribution in [0.4, 0.5) is 0 Å². The van der Waals surface area contributed by atoms with E-state index in [1.165, 1.54) is 0 Å². The summed E-state index contributed by atoms with van der Waals surface area (Å²) in [6.45, 7) is 4.50. The largest absolute Gasteiger partial charge is 0.469 e. The monoisotopic (exact) mass is 334 g/mol. The van der Waals surface area contributed by atoms with Crippen molar-refractivity contribution in [3.63, 3.8) is 0 Å². The summed E-state index contributed by atoms with van der Waals surface area (Å²) in [6.07, 6.45) is 4.14. The summed E-state index contributed by atoms with van der Waals surface area (Å²) in [6, 6.07) is 3.87. The lowest BCUT2D eigenvalue weighted by Gasteiger charge is -2.37. The van der Waals surface area contributed by atoms with Crippen molar-refractivity contribution >= 4 is 11.9 Å². The number of amides is 1. The topological polar surface area (TPSA) is 70.3 Å². The molecule has 3 heterocycles. The lowest BCUT2D eigenvalue weighted by molar-refractivity contribution is -0.142. The minimum Gasteiger partial charge on any atom is -0.469 e. The van der Waals surface area contributed by atoms with Crippen LogP contribution >= 0.6 is 0 Å². The Kier molecular flexibility index (Phi) is 5.74. The van der Waals surface area contributed by atoms with Crippen molar-refractivity contribution in [2.75, 3.05) is 46.4 Å². The van der Waals surface area contributed by atoms with Gasteiger partial charge in [-0.2, -0.15) is 0 Å². The number of hydrogen-bond donors (Lipinski definition) is 1. The SMILES string of the molecule is CN=C(NCCc1ccco1)N1CCN(C(=O)C2CCCO2)CC1. The molecule has 1 N–H and O–H groups in total. The first kappa shape index (κ1) is 16.8. The second-order valence-electron chi connectivity index (χ2n) is 6.12. The molecule has 1 atom stereocenters. The van der Waals surface area contributed by atoms with Crippen molar-refractivity contribution in [2.45, 2.75) is 25.4 Å². The molecule has 24 heavy (non-hydrogen) atoms. The van der Waals surface area contributed by atoms with Gasteiger partial charge in [0.25, 0.3) is 5.91 Å². The van der Waals surface area contributed by atoms with Crippen molar-refractivity contribution in [1.82, 2.24) is 15.1 Å². The van der Waals surface area contributed by atoms with Crippen molar-refractivity contribution < 1.29 is 13.9 Å². The molecule has 0 aromatic carbocycles. The van der Waals surface area contributed by atoms with E-state index in [1.54, 1.807) is 13.3 Å². The lowest BCUT2D eigenvalue weighted by atomic mass is 10.2. The predicted molar refractivity (Wildman–Crippen MR) is 90.9 cm³/mol. The van der Waals surface area contributed by atoms with E-state index in [2.05, 4.69) is 15.2 Å². The summed E-state index contributed by atoms with van der Waals surface area (Å²) in [5, 5.41) is 3.36. The van der Waals surface area contributed by atoms with Crippen LogP contribution in [0.2, 0.25) is 0 Å². The molecule has 7 nitrogen and oxygen atoms in total. The molecular weight excluding hydrogens is 308 g/mol. The fourth-order valence-electron chi connectivity index (χ4n) is 3.20. The summed E-state index contributed by atoms with van der Waals surface area (Å²) < 4.78 is 10.8. The van der Waals surface area contributed by atoms with Crippen LogP contribution in [0.15, 0.2) is 27.8 Å². The van der Waals surface area contributed by atoms with Crippen LogP contribution in [0, 0.1) is 0 Å². The number of nitrogens with zero attached hydrogens (tertiary/aromatic N) is 3. The van der Waals surface area contributed by atoms with Gasteiger partial charge in [0.15, 0.2) is 5.96 Å². The molecule has 1 aromatic rings. The highest BCUT2D eigenvalue weighted by Crippen LogP contribution is 2.16. The smallest absolute Gasteiger partial charge is 0.251 e. The maximum atomic E-state index is 12.4. The van der Waals surface area contributed by atoms with Crippen molar-refractivity contribution in [3.05, 3.63) is 24.2 Å². The molecule has 132 valence electrons. The molecule has 1 amide bonds. The standard InChI is InChI=1S/C17H26N4O3/c1-18-17(19-7-6-14-4-2-12-23-14)21-10-8-20(9-11-21)16(22)15-5-3-13-24-15/h2,4,12,15H,3,5-11,13H2,1H3,(H,18,19). The number of rotatable bonds is 4. The number of ether oxygens (including phenoxy) is 1. The zero-order valence-corrected chi connectivity index (χ0v) is 14.2. The molecule has 1 unspecified atom stereocenters. The average molecular weight is 334 g/mol. The molecule has 0 aliphatic carbocycles. The van der Waals surface area contributed by atoms with E-state index >= 15 is 0 Å². The van der Waals surface area contributed by atoms with Gasteiger partial charge in [-0.05, 0) is 25.0 Å². The number of guanidine groups is 1. The molecule has 2 aliphatic rings. The van der Waals surface area contributed by atoms with E-state index in [0.717, 1.165) is 63.7 Å². The summed E-state index contributed by atoms with van der Waals surface area (Å²) >= 11 is 0. The molecule has 3 rings (SSSR count). The van der Waals surface area contributed by atoms with E-state index < -0.39 is 0 Å². The Labute approximate surface area is 142 Å². The van der Waals surface area contributed by atoms with Crippen LogP contribution in [0.1, 0.15) is 18.6 Å². The summed E-state index contributed by atoms with van der Waals surface area (Å²) in [5.41, 5.74) is 0. The maximum Gasteiger partial charge on any atom is 0.251 e. The van der Waals surface area contributed by atoms with Gasteiger partial charge >= 0.3 is 0 Å². The molecule has 2 fully saturated rings. The van der Waals surface area contributed by atoms with Crippen LogP contribution in [-0.4, -0.2) is 74.1 Å². The summed E-state index contributed by atoms with van der Waals surface area (Å²) in [5.74, 6) is 1.99. The number of piperazine rings is 1. The van der Waals surface area contributed by atoms with Gasteiger partial charge in [-0.1, -0.05) is 0 Å². The number of aliphatic imine (C=N–C) groups is 1. The van der Waals surface area contributed by atoms with Gasteiger partial charge in [-0.15, -0.1) is 0 Å². The van der Waals surface area contributed by atoms with Gasteiger partial charge < -0.3 is 24.3 Å². The fourth-order valence-corrected chi connectivity index (χ4v) is 3.20. The van der Waals surface area contributed by atoms with E-state index in [9.17, 15) is 4.79 Å². The summed E-state index contributed by atoms with van der Waals surface area (Å²) in [4.78, 5) is 20.8. The zero-order chi connectivity index (χ0) is 16.8. The Bertz CT molecular complexity index is 544. The highest BCUT2D eigenvalue weighted by Gasteiger charge is 2.30. The average Bonchev–Trinajstić information content (AvgIpc) is 3.32. The van der Waals surface area contributed by atoms with Crippen molar-refractivity contribution in [3.8, 4) is 0 Å². The van der Waals surface area contributed by atoms with Gasteiger partial charge in [0, 0.05) is 52.8 Å². The molecular formula is C17H26N4O3. The number of carbonyl (C=O) groups excluding carboxylic acids is 1. The number of carbonyl (C=O) groups is 1. The van der Waals surface area contributed by atoms with Crippen LogP contribution in [0.3, 0.4) is 0 Å². The van der Waals surface area contributed by atoms with Gasteiger partial charge in [0.05, 0.1) is 6.26 Å². The normalized spacial score (nSPS) is 22.0. The first-order chi connectivity index (χ1) is 11.8. The van der Waals surface area contributed by atoms with Crippen molar-refractivity contribution in [1.29, 1.82) is 0 Å². The minimum absolute atomic E-state index is 0.146. The third kappa shape index (κ3) is 4.08. The molecule has 2 aliphatic heterocycles. The van der Waals surface area contributed by atoms with Gasteiger partial charge in [-0.3, -0.25) is 9.79 Å². The van der Waals surface area contributed by atoms with Gasteiger partial charge in [0.1, 0.15) is 11.9 Å². The third-order valence-corrected chi connectivity index (χ3v) is 4.54. The Balaban J connectivity index is 1.43. The second kappa shape index (κ2) is 8.19. The summed E-state index contributed by atoms with van der Waals surface area (Å²) in [7, 11) is 1.79. The van der Waals surface area contributed by atoms with E-state index in [0.29, 0.717) is 6.61 Å². The third-order valence-electron chi connectivity index (χ3n) is 4.54. The number of hydrogen-bond acceptors (Lipinski definition) is 4. The van der Waals surface area contributed by atoms with E-state index in [4.69, 9.17) is 9.15 Å². The number of furan rings is 1.